The second-order valence-corrected chi connectivity index (χ2v) is 21.7. The molecule has 1 saturated heterocycles. The number of aliphatic hydroxyl groups excluding tert-OH is 1. The molecular weight excluding hydrogens is 1080 g/mol. The van der Waals surface area contributed by atoms with E-state index in [2.05, 4.69) is 37.2 Å². The number of ether oxygens (including phenoxy) is 1. The maximum atomic E-state index is 14.7. The molecule has 25 heteroatoms. The lowest BCUT2D eigenvalue weighted by atomic mass is 10.00. The number of amides is 9. The number of hydrogen-bond donors (Lipinski definition) is 12. The van der Waals surface area contributed by atoms with Crippen LogP contribution in [0.5, 0.6) is 11.5 Å². The lowest BCUT2D eigenvalue weighted by molar-refractivity contribution is -0.136. The van der Waals surface area contributed by atoms with E-state index >= 15 is 0 Å². The van der Waals surface area contributed by atoms with Crippen molar-refractivity contribution in [2.24, 2.45) is 17.2 Å². The van der Waals surface area contributed by atoms with Crippen LogP contribution in [0.15, 0.2) is 97.1 Å². The van der Waals surface area contributed by atoms with Crippen LogP contribution in [0.2, 0.25) is 5.02 Å². The topological polar surface area (TPSA) is 366 Å². The summed E-state index contributed by atoms with van der Waals surface area (Å²) < 4.78 is 5.22. The number of phenols is 1. The largest absolute Gasteiger partial charge is 0.508 e. The Morgan fingerprint density at radius 3 is 1.81 bits per heavy atom. The van der Waals surface area contributed by atoms with Crippen LogP contribution in [0.4, 0.5) is 0 Å². The van der Waals surface area contributed by atoms with E-state index in [1.807, 2.05) is 0 Å². The third-order valence-corrected chi connectivity index (χ3v) is 15.3. The minimum atomic E-state index is -1.73. The molecule has 4 aromatic rings. The smallest absolute Gasteiger partial charge is 0.248 e. The summed E-state index contributed by atoms with van der Waals surface area (Å²) in [5.74, 6) is -7.57. The first-order valence-electron chi connectivity index (χ1n) is 25.3. The van der Waals surface area contributed by atoms with Crippen molar-refractivity contribution >= 4 is 86.4 Å². The molecule has 15 N–H and O–H groups in total. The van der Waals surface area contributed by atoms with Gasteiger partial charge < -0.3 is 69.4 Å². The summed E-state index contributed by atoms with van der Waals surface area (Å²) in [6.45, 7) is 1.45. The van der Waals surface area contributed by atoms with Crippen LogP contribution in [-0.4, -0.2) is 137 Å². The highest BCUT2D eigenvalue weighted by atomic mass is 35.5. The predicted molar refractivity (Wildman–Crippen MR) is 299 cm³/mol. The molecule has 1 unspecified atom stereocenters. The third-order valence-electron chi connectivity index (χ3n) is 12.6. The fourth-order valence-corrected chi connectivity index (χ4v) is 10.5. The summed E-state index contributed by atoms with van der Waals surface area (Å²) in [5, 5.41) is 40.2. The van der Waals surface area contributed by atoms with Crippen LogP contribution in [0.1, 0.15) is 65.2 Å². The van der Waals surface area contributed by atoms with Gasteiger partial charge in [0.15, 0.2) is 0 Å². The number of phenolic OH excluding ortho intramolecular Hbond substituents is 1. The summed E-state index contributed by atoms with van der Waals surface area (Å²) in [4.78, 5) is 125. The van der Waals surface area contributed by atoms with Gasteiger partial charge in [-0.15, -0.1) is 0 Å². The van der Waals surface area contributed by atoms with Crippen molar-refractivity contribution in [3.05, 3.63) is 130 Å². The Morgan fingerprint density at radius 2 is 1.24 bits per heavy atom. The molecule has 1 heterocycles. The average Bonchev–Trinajstić information content (AvgIpc) is 3.42. The van der Waals surface area contributed by atoms with Crippen LogP contribution >= 0.6 is 33.2 Å². The maximum Gasteiger partial charge on any atom is 0.248 e. The lowest BCUT2D eigenvalue weighted by Gasteiger charge is -2.29. The molecule has 1 aliphatic rings. The number of methoxy groups -OCH3 is 1. The summed E-state index contributed by atoms with van der Waals surface area (Å²) >= 11 is 6.07. The normalized spacial score (nSPS) is 20.6. The number of rotatable bonds is 20. The molecule has 9 amide bonds. The van der Waals surface area contributed by atoms with Gasteiger partial charge in [-0.2, -0.15) is 0 Å². The molecule has 0 aromatic heterocycles. The van der Waals surface area contributed by atoms with E-state index in [1.165, 1.54) is 62.6 Å². The number of unbranched alkanes of at least 4 members (excludes halogenated alkanes) is 1. The molecule has 4 aromatic carbocycles. The number of nitrogens with two attached hydrogens (primary N) is 3. The van der Waals surface area contributed by atoms with Gasteiger partial charge in [0.05, 0.1) is 13.2 Å². The van der Waals surface area contributed by atoms with Crippen molar-refractivity contribution in [1.82, 2.24) is 37.2 Å². The van der Waals surface area contributed by atoms with Gasteiger partial charge in [0.2, 0.25) is 53.2 Å². The molecule has 1 fully saturated rings. The molecule has 5 rings (SSSR count). The highest BCUT2D eigenvalue weighted by molar-refractivity contribution is 8.76. The van der Waals surface area contributed by atoms with E-state index in [0.29, 0.717) is 40.3 Å². The molecule has 0 spiro atoms. The molecule has 1 aliphatic heterocycles. The number of halogens is 1. The summed E-state index contributed by atoms with van der Waals surface area (Å²) in [6, 6.07) is 15.0. The first-order chi connectivity index (χ1) is 37.7. The van der Waals surface area contributed by atoms with Crippen LogP contribution in [0.3, 0.4) is 0 Å². The number of hydrogen-bond acceptors (Lipinski definition) is 15. The van der Waals surface area contributed by atoms with Crippen molar-refractivity contribution in [1.29, 1.82) is 0 Å². The minimum Gasteiger partial charge on any atom is -0.508 e. The summed E-state index contributed by atoms with van der Waals surface area (Å²) in [5.41, 5.74) is 19.5. The summed E-state index contributed by atoms with van der Waals surface area (Å²) in [7, 11) is 3.48. The Morgan fingerprint density at radius 1 is 0.696 bits per heavy atom. The minimum absolute atomic E-state index is 0.0369. The number of aliphatic hydroxyl groups is 1. The average molecular weight is 1150 g/mol. The van der Waals surface area contributed by atoms with Crippen LogP contribution in [0.25, 0.3) is 0 Å². The Labute approximate surface area is 470 Å². The first-order valence-corrected chi connectivity index (χ1v) is 28.2. The fourth-order valence-electron chi connectivity index (χ4n) is 8.09. The van der Waals surface area contributed by atoms with Crippen molar-refractivity contribution in [3.8, 4) is 11.5 Å². The maximum absolute atomic E-state index is 14.7. The van der Waals surface area contributed by atoms with Gasteiger partial charge in [-0.3, -0.25) is 43.2 Å². The van der Waals surface area contributed by atoms with Gasteiger partial charge in [-0.05, 0) is 110 Å². The van der Waals surface area contributed by atoms with Crippen LogP contribution in [-0.2, 0) is 64.0 Å². The molecule has 424 valence electrons. The quantitative estimate of drug-likeness (QED) is 0.0426. The van der Waals surface area contributed by atoms with Gasteiger partial charge in [0.25, 0.3) is 0 Å². The van der Waals surface area contributed by atoms with Crippen molar-refractivity contribution in [3.63, 3.8) is 0 Å². The van der Waals surface area contributed by atoms with Gasteiger partial charge in [-0.1, -0.05) is 81.7 Å². The highest BCUT2D eigenvalue weighted by Crippen LogP contribution is 2.24. The Kier molecular flexibility index (Phi) is 24.7. The molecular formula is C54H67ClN10O12S2. The number of benzene rings is 4. The Bertz CT molecular complexity index is 2740. The molecule has 0 bridgehead atoms. The molecule has 22 nitrogen and oxygen atoms in total. The molecule has 0 radical (unpaired) electrons. The Balaban J connectivity index is 1.56. The van der Waals surface area contributed by atoms with Crippen molar-refractivity contribution in [2.45, 2.75) is 107 Å². The van der Waals surface area contributed by atoms with E-state index in [1.54, 1.807) is 48.5 Å². The van der Waals surface area contributed by atoms with Gasteiger partial charge >= 0.3 is 0 Å². The number of nitrogens with one attached hydrogen (secondary N) is 7. The SMILES string of the molecule is COc1ccc(CC(NC(=O)[C@@H]2CSSC[C@@H](NC(=O)CCc3ccc(Cl)cc3)C(=O)N[C@@H](Cc3ccc(O)cc3)C(=O)N[C@H](Cc3ccc(C(N)=O)cc3)C(=O)N[C@@H](CCCCN)C(=O)N[C@@H]([C@@H](C)O)C(=O)N2)C(N)=O)cc1. The third kappa shape index (κ3) is 20.4. The monoisotopic (exact) mass is 1150 g/mol. The zero-order chi connectivity index (χ0) is 57.6. The molecule has 8 atom stereocenters. The van der Waals surface area contributed by atoms with Crippen molar-refractivity contribution < 1.29 is 58.1 Å². The number of primary amides is 2. The van der Waals surface area contributed by atoms with E-state index in [4.69, 9.17) is 33.5 Å². The van der Waals surface area contributed by atoms with E-state index in [0.717, 1.165) is 27.2 Å². The first kappa shape index (κ1) is 62.5. The fraction of sp³-hybridized carbons (Fsp3) is 0.389. The standard InChI is InChI=1S/C54H67ClN10O12S2/c1-30(66)46-54(76)64-44(53(75)61-40(48(58)70)25-34-12-21-38(77-2)22-13-34)29-79-78-28-43(59-45(68)23-14-31-8-17-36(55)18-9-31)52(74)63-42(27-33-10-19-37(67)20-11-33)51(73)62-41(26-32-6-15-35(16-7-32)47(57)69)50(72)60-39(49(71)65-46)5-3-4-24-56/h6-13,15-22,30,39-44,46,66-67H,3-5,14,23-29,56H2,1-2H3,(H2,57,69)(H2,58,70)(H,59,68)(H,60,72)(H,61,75)(H,62,73)(H,63,74)(H,64,76)(H,65,71)/t30-,39+,40?,41-,42+,43-,44+,46+/m1/s1. The number of carbonyl (C=O) groups is 9. The summed E-state index contributed by atoms with van der Waals surface area (Å²) in [6.07, 6.45) is -1.21. The van der Waals surface area contributed by atoms with E-state index in [9.17, 15) is 53.4 Å². The van der Waals surface area contributed by atoms with Crippen LogP contribution in [0, 0.1) is 0 Å². The van der Waals surface area contributed by atoms with Crippen molar-refractivity contribution in [2.75, 3.05) is 25.2 Å². The van der Waals surface area contributed by atoms with E-state index in [-0.39, 0.29) is 67.9 Å². The van der Waals surface area contributed by atoms with Gasteiger partial charge in [-0.25, -0.2) is 0 Å². The molecule has 0 saturated carbocycles. The second kappa shape index (κ2) is 31.3. The molecule has 0 aliphatic carbocycles. The second-order valence-electron chi connectivity index (χ2n) is 18.7. The number of aromatic hydroxyl groups is 1. The highest BCUT2D eigenvalue weighted by Gasteiger charge is 2.36. The zero-order valence-electron chi connectivity index (χ0n) is 43.5. The Hall–Kier alpha value is -7.38. The molecule has 79 heavy (non-hydrogen) atoms. The number of aryl methyl sites for hydroxylation is 1. The number of carbonyl (C=O) groups excluding carboxylic acids is 9. The van der Waals surface area contributed by atoms with Crippen LogP contribution < -0.4 is 59.2 Å². The lowest BCUT2D eigenvalue weighted by Crippen LogP contribution is -2.62. The predicted octanol–water partition coefficient (Wildman–Crippen LogP) is 0.598. The van der Waals surface area contributed by atoms with E-state index < -0.39 is 102 Å². The zero-order valence-corrected chi connectivity index (χ0v) is 45.9. The van der Waals surface area contributed by atoms with Gasteiger partial charge in [0.1, 0.15) is 53.8 Å². The van der Waals surface area contributed by atoms with Gasteiger partial charge in [0, 0.05) is 47.8 Å².